The fourth-order valence-electron chi connectivity index (χ4n) is 5.90. The first-order valence-corrected chi connectivity index (χ1v) is 13.0. The van der Waals surface area contributed by atoms with Crippen LogP contribution in [0.1, 0.15) is 60.8 Å². The fourth-order valence-corrected chi connectivity index (χ4v) is 6.28. The zero-order valence-corrected chi connectivity index (χ0v) is 21.6. The molecule has 3 aliphatic rings. The van der Waals surface area contributed by atoms with Gasteiger partial charge in [0.25, 0.3) is 0 Å². The number of nitrogens with zero attached hydrogens (tertiary/aromatic N) is 2. The molecule has 3 aromatic rings. The Balaban J connectivity index is 1.36. The van der Waals surface area contributed by atoms with Crippen molar-refractivity contribution in [2.45, 2.75) is 49.8 Å². The van der Waals surface area contributed by atoms with Gasteiger partial charge >= 0.3 is 0 Å². The predicted octanol–water partition coefficient (Wildman–Crippen LogP) is 7.06. The van der Waals surface area contributed by atoms with Crippen LogP contribution in [0, 0.1) is 0 Å². The maximum atomic E-state index is 6.83. The predicted molar refractivity (Wildman–Crippen MR) is 140 cm³/mol. The van der Waals surface area contributed by atoms with E-state index in [-0.39, 0.29) is 6.04 Å². The van der Waals surface area contributed by atoms with E-state index in [1.54, 1.807) is 14.2 Å². The summed E-state index contributed by atoms with van der Waals surface area (Å²) in [5.74, 6) is 2.99. The molecule has 6 heteroatoms. The van der Waals surface area contributed by atoms with E-state index in [0.29, 0.717) is 5.92 Å². The van der Waals surface area contributed by atoms with Crippen LogP contribution in [0.4, 0.5) is 0 Å². The third kappa shape index (κ3) is 3.88. The Hall–Kier alpha value is -2.99. The molecule has 1 aliphatic carbocycles. The summed E-state index contributed by atoms with van der Waals surface area (Å²) in [6, 6.07) is 23.4. The SMILES string of the molecule is COc1ccc(C2=NN3[C@H](C2)c2cc(Br)ccc2OC32CCC(c3ccccc3)CC2)cc1OC. The molecule has 6 rings (SSSR count). The molecule has 0 amide bonds. The van der Waals surface area contributed by atoms with Crippen LogP contribution < -0.4 is 14.2 Å². The highest BCUT2D eigenvalue weighted by Gasteiger charge is 2.52. The molecule has 1 spiro atoms. The Kier molecular flexibility index (Phi) is 5.72. The van der Waals surface area contributed by atoms with E-state index < -0.39 is 5.72 Å². The smallest absolute Gasteiger partial charge is 0.198 e. The van der Waals surface area contributed by atoms with Gasteiger partial charge in [0.1, 0.15) is 5.75 Å². The molecule has 0 radical (unpaired) electrons. The Morgan fingerprint density at radius 1 is 0.943 bits per heavy atom. The van der Waals surface area contributed by atoms with Gasteiger partial charge in [0.15, 0.2) is 17.2 Å². The molecule has 0 unspecified atom stereocenters. The summed E-state index contributed by atoms with van der Waals surface area (Å²) in [5, 5.41) is 7.50. The number of benzene rings is 3. The maximum Gasteiger partial charge on any atom is 0.198 e. The third-order valence-corrected chi connectivity index (χ3v) is 8.21. The number of methoxy groups -OCH3 is 2. The molecule has 5 nitrogen and oxygen atoms in total. The van der Waals surface area contributed by atoms with E-state index in [9.17, 15) is 0 Å². The van der Waals surface area contributed by atoms with E-state index in [2.05, 4.69) is 75.5 Å². The number of hydrazone groups is 1. The summed E-state index contributed by atoms with van der Waals surface area (Å²) in [7, 11) is 3.33. The van der Waals surface area contributed by atoms with Crippen LogP contribution in [0.25, 0.3) is 0 Å². The van der Waals surface area contributed by atoms with Crippen LogP contribution in [0.5, 0.6) is 17.2 Å². The van der Waals surface area contributed by atoms with Gasteiger partial charge in [-0.25, -0.2) is 5.01 Å². The van der Waals surface area contributed by atoms with E-state index in [1.165, 1.54) is 11.1 Å². The number of rotatable bonds is 4. The largest absolute Gasteiger partial charge is 0.493 e. The van der Waals surface area contributed by atoms with Gasteiger partial charge < -0.3 is 14.2 Å². The molecule has 0 N–H and O–H groups in total. The molecule has 2 heterocycles. The van der Waals surface area contributed by atoms with Gasteiger partial charge in [0.05, 0.1) is 26.0 Å². The van der Waals surface area contributed by atoms with Crippen molar-refractivity contribution in [2.24, 2.45) is 5.10 Å². The summed E-state index contributed by atoms with van der Waals surface area (Å²) < 4.78 is 18.9. The average Bonchev–Trinajstić information content (AvgIpc) is 3.37. The monoisotopic (exact) mass is 532 g/mol. The van der Waals surface area contributed by atoms with Crippen LogP contribution in [-0.2, 0) is 0 Å². The molecule has 1 saturated carbocycles. The molecular formula is C29H29BrN2O3. The first kappa shape index (κ1) is 22.5. The van der Waals surface area contributed by atoms with Gasteiger partial charge in [0.2, 0.25) is 0 Å². The van der Waals surface area contributed by atoms with Crippen molar-refractivity contribution in [1.29, 1.82) is 0 Å². The van der Waals surface area contributed by atoms with Crippen LogP contribution in [0.3, 0.4) is 0 Å². The van der Waals surface area contributed by atoms with Crippen molar-refractivity contribution in [2.75, 3.05) is 14.2 Å². The molecule has 3 aromatic carbocycles. The van der Waals surface area contributed by atoms with Crippen LogP contribution in [-0.4, -0.2) is 30.7 Å². The van der Waals surface area contributed by atoms with Gasteiger partial charge in [-0.05, 0) is 60.7 Å². The average molecular weight is 533 g/mol. The fraction of sp³-hybridized carbons (Fsp3) is 0.345. The number of halogens is 1. The summed E-state index contributed by atoms with van der Waals surface area (Å²) >= 11 is 3.66. The van der Waals surface area contributed by atoms with E-state index in [0.717, 1.165) is 65.1 Å². The summed E-state index contributed by atoms with van der Waals surface area (Å²) in [4.78, 5) is 0. The summed E-state index contributed by atoms with van der Waals surface area (Å²) in [5.41, 5.74) is 4.30. The minimum Gasteiger partial charge on any atom is -0.493 e. The minimum atomic E-state index is -0.422. The van der Waals surface area contributed by atoms with Gasteiger partial charge in [-0.3, -0.25) is 0 Å². The van der Waals surface area contributed by atoms with Crippen molar-refractivity contribution in [3.05, 3.63) is 87.9 Å². The number of ether oxygens (including phenoxy) is 3. The molecule has 2 aliphatic heterocycles. The minimum absolute atomic E-state index is 0.146. The molecule has 1 fully saturated rings. The highest BCUT2D eigenvalue weighted by molar-refractivity contribution is 9.10. The Morgan fingerprint density at radius 2 is 1.71 bits per heavy atom. The molecule has 35 heavy (non-hydrogen) atoms. The van der Waals surface area contributed by atoms with Crippen LogP contribution >= 0.6 is 15.9 Å². The second-order valence-corrected chi connectivity index (χ2v) is 10.5. The van der Waals surface area contributed by atoms with Gasteiger partial charge in [-0.2, -0.15) is 5.10 Å². The van der Waals surface area contributed by atoms with Crippen molar-refractivity contribution in [1.82, 2.24) is 5.01 Å². The normalized spacial score (nSPS) is 24.9. The standard InChI is InChI=1S/C29H29BrN2O3/c1-33-27-10-8-21(16-28(27)34-2)24-18-25-23-17-22(30)9-11-26(23)35-29(32(25)31-24)14-12-20(13-15-29)19-6-4-3-5-7-19/h3-11,16-17,20,25H,12-15,18H2,1-2H3/t20?,25-,29?/m1/s1. The highest BCUT2D eigenvalue weighted by atomic mass is 79.9. The lowest BCUT2D eigenvalue weighted by molar-refractivity contribution is -0.142. The van der Waals surface area contributed by atoms with Crippen molar-refractivity contribution < 1.29 is 14.2 Å². The first-order valence-electron chi connectivity index (χ1n) is 12.2. The quantitative estimate of drug-likeness (QED) is 0.360. The molecule has 180 valence electrons. The number of hydrogen-bond acceptors (Lipinski definition) is 5. The summed E-state index contributed by atoms with van der Waals surface area (Å²) in [6.07, 6.45) is 4.88. The van der Waals surface area contributed by atoms with Crippen LogP contribution in [0.2, 0.25) is 0 Å². The van der Waals surface area contributed by atoms with Crippen LogP contribution in [0.15, 0.2) is 76.3 Å². The first-order chi connectivity index (χ1) is 17.1. The van der Waals surface area contributed by atoms with E-state index in [1.807, 2.05) is 12.1 Å². The zero-order chi connectivity index (χ0) is 24.0. The van der Waals surface area contributed by atoms with Gasteiger partial charge in [0, 0.05) is 34.9 Å². The summed E-state index contributed by atoms with van der Waals surface area (Å²) in [6.45, 7) is 0. The Labute approximate surface area is 214 Å². The molecule has 0 aromatic heterocycles. The maximum absolute atomic E-state index is 6.83. The topological polar surface area (TPSA) is 43.3 Å². The van der Waals surface area contributed by atoms with Gasteiger partial charge in [-0.15, -0.1) is 0 Å². The highest BCUT2D eigenvalue weighted by Crippen LogP contribution is 2.53. The second-order valence-electron chi connectivity index (χ2n) is 9.60. The molecule has 0 bridgehead atoms. The molecule has 0 saturated heterocycles. The van der Waals surface area contributed by atoms with Crippen molar-refractivity contribution in [3.8, 4) is 17.2 Å². The molecule has 1 atom stereocenters. The lowest BCUT2D eigenvalue weighted by Gasteiger charge is -2.50. The lowest BCUT2D eigenvalue weighted by atomic mass is 9.78. The van der Waals surface area contributed by atoms with Gasteiger partial charge in [-0.1, -0.05) is 46.3 Å². The van der Waals surface area contributed by atoms with Crippen molar-refractivity contribution >= 4 is 21.6 Å². The second kappa shape index (κ2) is 8.90. The molecular weight excluding hydrogens is 504 g/mol. The number of fused-ring (bicyclic) bond motifs is 4. The Morgan fingerprint density at radius 3 is 2.46 bits per heavy atom. The van der Waals surface area contributed by atoms with Crippen molar-refractivity contribution in [3.63, 3.8) is 0 Å². The van der Waals surface area contributed by atoms with E-state index >= 15 is 0 Å². The number of hydrogen-bond donors (Lipinski definition) is 0. The zero-order valence-electron chi connectivity index (χ0n) is 20.0. The van der Waals surface area contributed by atoms with E-state index in [4.69, 9.17) is 19.3 Å². The Bertz CT molecular complexity index is 1270. The lowest BCUT2D eigenvalue weighted by Crippen LogP contribution is -2.55. The third-order valence-electron chi connectivity index (χ3n) is 7.71.